The van der Waals surface area contributed by atoms with E-state index in [0.29, 0.717) is 23.6 Å². The summed E-state index contributed by atoms with van der Waals surface area (Å²) in [6.45, 7) is 6.25. The number of carbonyl (C=O) groups excluding carboxylic acids is 1. The zero-order valence-corrected chi connectivity index (χ0v) is 13.3. The average Bonchev–Trinajstić information content (AvgIpc) is 2.68. The first-order valence-corrected chi connectivity index (χ1v) is 7.13. The van der Waals surface area contributed by atoms with Crippen LogP contribution in [0.5, 0.6) is 0 Å². The van der Waals surface area contributed by atoms with Crippen LogP contribution in [0, 0.1) is 13.8 Å². The van der Waals surface area contributed by atoms with Crippen molar-refractivity contribution in [2.75, 3.05) is 11.1 Å². The van der Waals surface area contributed by atoms with E-state index in [9.17, 15) is 4.79 Å². The molecule has 0 atom stereocenters. The molecule has 0 aliphatic rings. The second kappa shape index (κ2) is 5.66. The van der Waals surface area contributed by atoms with Gasteiger partial charge in [-0.3, -0.25) is 9.48 Å². The number of amides is 1. The molecule has 3 N–H and O–H groups in total. The molecule has 1 heterocycles. The van der Waals surface area contributed by atoms with E-state index in [0.717, 1.165) is 15.7 Å². The van der Waals surface area contributed by atoms with Crippen molar-refractivity contribution in [2.45, 2.75) is 27.3 Å². The van der Waals surface area contributed by atoms with Crippen LogP contribution in [-0.4, -0.2) is 15.7 Å². The van der Waals surface area contributed by atoms with Gasteiger partial charge in [0.1, 0.15) is 5.69 Å². The van der Waals surface area contributed by atoms with Gasteiger partial charge in [0, 0.05) is 16.7 Å². The Bertz CT molecular complexity index is 663. The fourth-order valence-electron chi connectivity index (χ4n) is 2.01. The standard InChI is InChI=1S/C14H17BrN4O/c1-4-19-13(12(16)9(3)18-19)14(20)17-11-6-5-10(15)7-8(11)2/h5-7H,4,16H2,1-3H3,(H,17,20). The molecular weight excluding hydrogens is 320 g/mol. The highest BCUT2D eigenvalue weighted by Gasteiger charge is 2.19. The SMILES string of the molecule is CCn1nc(C)c(N)c1C(=O)Nc1ccc(Br)cc1C. The van der Waals surface area contributed by atoms with Crippen LogP contribution in [0.1, 0.15) is 28.7 Å². The maximum atomic E-state index is 12.4. The Kier molecular flexibility index (Phi) is 4.13. The number of halogens is 1. The molecular formula is C14H17BrN4O. The number of aryl methyl sites for hydroxylation is 3. The van der Waals surface area contributed by atoms with Crippen molar-refractivity contribution in [3.05, 3.63) is 39.6 Å². The zero-order valence-electron chi connectivity index (χ0n) is 11.7. The first kappa shape index (κ1) is 14.6. The molecule has 1 aromatic carbocycles. The molecule has 0 radical (unpaired) electrons. The number of hydrogen-bond donors (Lipinski definition) is 2. The van der Waals surface area contributed by atoms with E-state index in [4.69, 9.17) is 5.73 Å². The molecule has 106 valence electrons. The van der Waals surface area contributed by atoms with Gasteiger partial charge < -0.3 is 11.1 Å². The lowest BCUT2D eigenvalue weighted by Gasteiger charge is -2.10. The summed E-state index contributed by atoms with van der Waals surface area (Å²) in [7, 11) is 0. The molecule has 0 fully saturated rings. The fourth-order valence-corrected chi connectivity index (χ4v) is 2.49. The van der Waals surface area contributed by atoms with Gasteiger partial charge in [-0.05, 0) is 44.5 Å². The Morgan fingerprint density at radius 1 is 1.45 bits per heavy atom. The maximum Gasteiger partial charge on any atom is 0.276 e. The Morgan fingerprint density at radius 3 is 2.75 bits per heavy atom. The van der Waals surface area contributed by atoms with Crippen LogP contribution in [0.2, 0.25) is 0 Å². The van der Waals surface area contributed by atoms with Crippen molar-refractivity contribution < 1.29 is 4.79 Å². The molecule has 0 aliphatic carbocycles. The number of rotatable bonds is 3. The van der Waals surface area contributed by atoms with Gasteiger partial charge in [0.2, 0.25) is 0 Å². The summed E-state index contributed by atoms with van der Waals surface area (Å²) >= 11 is 3.40. The van der Waals surface area contributed by atoms with E-state index in [1.54, 1.807) is 11.6 Å². The Balaban J connectivity index is 2.33. The maximum absolute atomic E-state index is 12.4. The van der Waals surface area contributed by atoms with E-state index in [1.165, 1.54) is 0 Å². The minimum Gasteiger partial charge on any atom is -0.395 e. The molecule has 6 heteroatoms. The van der Waals surface area contributed by atoms with Gasteiger partial charge in [0.25, 0.3) is 5.91 Å². The van der Waals surface area contributed by atoms with E-state index in [2.05, 4.69) is 26.3 Å². The van der Waals surface area contributed by atoms with Gasteiger partial charge in [-0.25, -0.2) is 0 Å². The molecule has 2 aromatic rings. The molecule has 0 saturated heterocycles. The summed E-state index contributed by atoms with van der Waals surface area (Å²) in [6.07, 6.45) is 0. The highest BCUT2D eigenvalue weighted by molar-refractivity contribution is 9.10. The number of benzene rings is 1. The van der Waals surface area contributed by atoms with E-state index >= 15 is 0 Å². The highest BCUT2D eigenvalue weighted by atomic mass is 79.9. The number of anilines is 2. The lowest BCUT2D eigenvalue weighted by atomic mass is 10.2. The largest absolute Gasteiger partial charge is 0.395 e. The highest BCUT2D eigenvalue weighted by Crippen LogP contribution is 2.22. The predicted octanol–water partition coefficient (Wildman–Crippen LogP) is 3.12. The van der Waals surface area contributed by atoms with Crippen LogP contribution in [0.15, 0.2) is 22.7 Å². The Labute approximate surface area is 126 Å². The van der Waals surface area contributed by atoms with Gasteiger partial charge in [-0.15, -0.1) is 0 Å². The Hall–Kier alpha value is -1.82. The number of nitrogens with zero attached hydrogens (tertiary/aromatic N) is 2. The van der Waals surface area contributed by atoms with Gasteiger partial charge in [-0.2, -0.15) is 5.10 Å². The minimum absolute atomic E-state index is 0.240. The number of carbonyl (C=O) groups is 1. The molecule has 5 nitrogen and oxygen atoms in total. The third kappa shape index (κ3) is 2.70. The summed E-state index contributed by atoms with van der Waals surface area (Å²) in [6, 6.07) is 5.68. The first-order chi connectivity index (χ1) is 9.43. The zero-order chi connectivity index (χ0) is 14.9. The topological polar surface area (TPSA) is 72.9 Å². The second-order valence-corrected chi connectivity index (χ2v) is 5.49. The normalized spacial score (nSPS) is 10.6. The monoisotopic (exact) mass is 336 g/mol. The van der Waals surface area contributed by atoms with Gasteiger partial charge in [0.05, 0.1) is 11.4 Å². The molecule has 1 aromatic heterocycles. The summed E-state index contributed by atoms with van der Waals surface area (Å²) in [5, 5.41) is 7.13. The smallest absolute Gasteiger partial charge is 0.276 e. The number of hydrogen-bond acceptors (Lipinski definition) is 3. The number of nitrogen functional groups attached to an aromatic ring is 1. The van der Waals surface area contributed by atoms with Crippen LogP contribution in [-0.2, 0) is 6.54 Å². The van der Waals surface area contributed by atoms with Crippen molar-refractivity contribution in [1.82, 2.24) is 9.78 Å². The van der Waals surface area contributed by atoms with Crippen LogP contribution in [0.3, 0.4) is 0 Å². The summed E-state index contributed by atoms with van der Waals surface area (Å²) < 4.78 is 2.59. The van der Waals surface area contributed by atoms with Crippen molar-refractivity contribution in [3.8, 4) is 0 Å². The van der Waals surface area contributed by atoms with Crippen LogP contribution in [0.4, 0.5) is 11.4 Å². The van der Waals surface area contributed by atoms with E-state index < -0.39 is 0 Å². The fraction of sp³-hybridized carbons (Fsp3) is 0.286. The predicted molar refractivity (Wildman–Crippen MR) is 83.9 cm³/mol. The third-order valence-electron chi connectivity index (χ3n) is 3.12. The van der Waals surface area contributed by atoms with E-state index in [1.807, 2.05) is 32.0 Å². The van der Waals surface area contributed by atoms with Crippen molar-refractivity contribution >= 4 is 33.2 Å². The molecule has 2 rings (SSSR count). The van der Waals surface area contributed by atoms with Crippen LogP contribution < -0.4 is 11.1 Å². The molecule has 0 aliphatic heterocycles. The molecule has 1 amide bonds. The second-order valence-electron chi connectivity index (χ2n) is 4.58. The van der Waals surface area contributed by atoms with E-state index in [-0.39, 0.29) is 5.91 Å². The Morgan fingerprint density at radius 2 is 2.15 bits per heavy atom. The van der Waals surface area contributed by atoms with Gasteiger partial charge in [0.15, 0.2) is 0 Å². The molecule has 0 spiro atoms. The summed E-state index contributed by atoms with van der Waals surface area (Å²) in [5.74, 6) is -0.240. The third-order valence-corrected chi connectivity index (χ3v) is 3.62. The van der Waals surface area contributed by atoms with Crippen LogP contribution in [0.25, 0.3) is 0 Å². The quantitative estimate of drug-likeness (QED) is 0.904. The van der Waals surface area contributed by atoms with Crippen molar-refractivity contribution in [2.24, 2.45) is 0 Å². The molecule has 0 bridgehead atoms. The van der Waals surface area contributed by atoms with Gasteiger partial charge in [-0.1, -0.05) is 15.9 Å². The van der Waals surface area contributed by atoms with Crippen molar-refractivity contribution in [1.29, 1.82) is 0 Å². The lowest BCUT2D eigenvalue weighted by Crippen LogP contribution is -2.19. The first-order valence-electron chi connectivity index (χ1n) is 6.34. The summed E-state index contributed by atoms with van der Waals surface area (Å²) in [5.41, 5.74) is 9.19. The van der Waals surface area contributed by atoms with Crippen molar-refractivity contribution in [3.63, 3.8) is 0 Å². The van der Waals surface area contributed by atoms with Crippen LogP contribution >= 0.6 is 15.9 Å². The minimum atomic E-state index is -0.240. The number of nitrogens with one attached hydrogen (secondary N) is 1. The molecule has 20 heavy (non-hydrogen) atoms. The number of aromatic nitrogens is 2. The number of nitrogens with two attached hydrogens (primary N) is 1. The summed E-state index contributed by atoms with van der Waals surface area (Å²) in [4.78, 5) is 12.4. The lowest BCUT2D eigenvalue weighted by molar-refractivity contribution is 0.101. The van der Waals surface area contributed by atoms with Gasteiger partial charge >= 0.3 is 0 Å². The molecule has 0 saturated carbocycles. The average molecular weight is 337 g/mol. The molecule has 0 unspecified atom stereocenters.